The highest BCUT2D eigenvalue weighted by Gasteiger charge is 2.20. The number of carboxylic acid groups (broad SMARTS) is 1. The normalized spacial score (nSPS) is 17.4. The lowest BCUT2D eigenvalue weighted by molar-refractivity contribution is 0.0697. The van der Waals surface area contributed by atoms with Crippen LogP contribution in [0, 0.1) is 6.92 Å². The molecule has 5 nitrogen and oxygen atoms in total. The Balaban J connectivity index is 1.91. The average Bonchev–Trinajstić information content (AvgIpc) is 3.07. The molecule has 1 aromatic carbocycles. The second kappa shape index (κ2) is 5.48. The maximum atomic E-state index is 11.0. The smallest absolute Gasteiger partial charge is 0.335 e. The van der Waals surface area contributed by atoms with E-state index in [1.165, 1.54) is 25.9 Å². The SMILES string of the molecule is Cc1nc2cc(C(=O)O)ccc2n1CC(C)N1CCCC1. The lowest BCUT2D eigenvalue weighted by atomic mass is 10.2. The zero-order valence-electron chi connectivity index (χ0n) is 12.5. The zero-order chi connectivity index (χ0) is 15.0. The summed E-state index contributed by atoms with van der Waals surface area (Å²) < 4.78 is 2.20. The lowest BCUT2D eigenvalue weighted by Gasteiger charge is -2.24. The molecule has 2 aromatic rings. The van der Waals surface area contributed by atoms with Crippen molar-refractivity contribution in [3.05, 3.63) is 29.6 Å². The number of fused-ring (bicyclic) bond motifs is 1. The summed E-state index contributed by atoms with van der Waals surface area (Å²) in [5, 5.41) is 9.07. The number of likely N-dealkylation sites (tertiary alicyclic amines) is 1. The van der Waals surface area contributed by atoms with Crippen LogP contribution in [0.15, 0.2) is 18.2 Å². The van der Waals surface area contributed by atoms with Crippen LogP contribution in [0.4, 0.5) is 0 Å². The number of aryl methyl sites for hydroxylation is 1. The molecule has 1 saturated heterocycles. The molecule has 3 rings (SSSR count). The summed E-state index contributed by atoms with van der Waals surface area (Å²) in [6, 6.07) is 5.66. The van der Waals surface area contributed by atoms with Crippen molar-refractivity contribution in [2.24, 2.45) is 0 Å². The Hall–Kier alpha value is -1.88. The van der Waals surface area contributed by atoms with Crippen molar-refractivity contribution in [2.45, 2.75) is 39.3 Å². The third-order valence-corrected chi connectivity index (χ3v) is 4.40. The molecule has 0 saturated carbocycles. The Kier molecular flexibility index (Phi) is 3.68. The maximum absolute atomic E-state index is 11.0. The maximum Gasteiger partial charge on any atom is 0.335 e. The third-order valence-electron chi connectivity index (χ3n) is 4.40. The molecule has 0 bridgehead atoms. The molecule has 1 aliphatic heterocycles. The summed E-state index contributed by atoms with van der Waals surface area (Å²) in [5.41, 5.74) is 2.07. The molecular formula is C16H21N3O2. The van der Waals surface area contributed by atoms with Crippen molar-refractivity contribution in [1.82, 2.24) is 14.5 Å². The van der Waals surface area contributed by atoms with Crippen molar-refractivity contribution in [1.29, 1.82) is 0 Å². The average molecular weight is 287 g/mol. The van der Waals surface area contributed by atoms with Gasteiger partial charge < -0.3 is 9.67 Å². The predicted molar refractivity (Wildman–Crippen MR) is 81.7 cm³/mol. The number of carboxylic acids is 1. The minimum Gasteiger partial charge on any atom is -0.478 e. The standard InChI is InChI=1S/C16H21N3O2/c1-11(18-7-3-4-8-18)10-19-12(2)17-14-9-13(16(20)21)5-6-15(14)19/h5-6,9,11H,3-4,7-8,10H2,1-2H3,(H,20,21). The topological polar surface area (TPSA) is 58.4 Å². The summed E-state index contributed by atoms with van der Waals surface area (Å²) in [5.74, 6) is 0.0353. The van der Waals surface area contributed by atoms with E-state index in [2.05, 4.69) is 21.4 Å². The van der Waals surface area contributed by atoms with Gasteiger partial charge in [0, 0.05) is 12.6 Å². The fraction of sp³-hybridized carbons (Fsp3) is 0.500. The van der Waals surface area contributed by atoms with E-state index in [9.17, 15) is 4.79 Å². The molecule has 2 heterocycles. The fourth-order valence-corrected chi connectivity index (χ4v) is 3.18. The minimum absolute atomic E-state index is 0.291. The van der Waals surface area contributed by atoms with Crippen LogP contribution in [0.2, 0.25) is 0 Å². The van der Waals surface area contributed by atoms with E-state index in [-0.39, 0.29) is 0 Å². The van der Waals surface area contributed by atoms with Crippen LogP contribution in [0.3, 0.4) is 0 Å². The predicted octanol–water partition coefficient (Wildman–Crippen LogP) is 2.53. The first-order valence-electron chi connectivity index (χ1n) is 7.50. The van der Waals surface area contributed by atoms with Gasteiger partial charge in [-0.3, -0.25) is 4.90 Å². The lowest BCUT2D eigenvalue weighted by Crippen LogP contribution is -2.33. The molecule has 0 spiro atoms. The van der Waals surface area contributed by atoms with Crippen LogP contribution < -0.4 is 0 Å². The summed E-state index contributed by atoms with van der Waals surface area (Å²) in [7, 11) is 0. The zero-order valence-corrected chi connectivity index (χ0v) is 12.5. The van der Waals surface area contributed by atoms with Crippen LogP contribution in [-0.2, 0) is 6.54 Å². The molecule has 5 heteroatoms. The number of benzene rings is 1. The van der Waals surface area contributed by atoms with E-state index < -0.39 is 5.97 Å². The summed E-state index contributed by atoms with van der Waals surface area (Å²) in [6.45, 7) is 7.49. The largest absolute Gasteiger partial charge is 0.478 e. The van der Waals surface area contributed by atoms with Crippen LogP contribution in [0.1, 0.15) is 35.9 Å². The number of hydrogen-bond acceptors (Lipinski definition) is 3. The Bertz CT molecular complexity index is 671. The van der Waals surface area contributed by atoms with Crippen LogP contribution in [0.25, 0.3) is 11.0 Å². The van der Waals surface area contributed by atoms with Crippen LogP contribution in [-0.4, -0.2) is 44.7 Å². The Morgan fingerprint density at radius 3 is 2.76 bits per heavy atom. The molecule has 0 aliphatic carbocycles. The highest BCUT2D eigenvalue weighted by molar-refractivity contribution is 5.92. The Labute approximate surface area is 124 Å². The highest BCUT2D eigenvalue weighted by Crippen LogP contribution is 2.20. The summed E-state index contributed by atoms with van der Waals surface area (Å²) in [4.78, 5) is 18.1. The second-order valence-electron chi connectivity index (χ2n) is 5.87. The fourth-order valence-electron chi connectivity index (χ4n) is 3.18. The van der Waals surface area contributed by atoms with E-state index in [1.807, 2.05) is 13.0 Å². The van der Waals surface area contributed by atoms with Gasteiger partial charge in [-0.2, -0.15) is 0 Å². The minimum atomic E-state index is -0.908. The van der Waals surface area contributed by atoms with Gasteiger partial charge >= 0.3 is 5.97 Å². The van der Waals surface area contributed by atoms with Gasteiger partial charge in [0.15, 0.2) is 0 Å². The number of hydrogen-bond donors (Lipinski definition) is 1. The van der Waals surface area contributed by atoms with Crippen molar-refractivity contribution in [3.63, 3.8) is 0 Å². The first-order valence-corrected chi connectivity index (χ1v) is 7.50. The number of nitrogens with zero attached hydrogens (tertiary/aromatic N) is 3. The third kappa shape index (κ3) is 2.65. The molecule has 1 atom stereocenters. The number of aromatic carboxylic acids is 1. The second-order valence-corrected chi connectivity index (χ2v) is 5.87. The first kappa shape index (κ1) is 14.1. The van der Waals surface area contributed by atoms with Gasteiger partial charge in [0.05, 0.1) is 16.6 Å². The number of carbonyl (C=O) groups is 1. The molecule has 1 unspecified atom stereocenters. The van der Waals surface area contributed by atoms with E-state index in [0.717, 1.165) is 23.4 Å². The summed E-state index contributed by atoms with van der Waals surface area (Å²) in [6.07, 6.45) is 2.58. The van der Waals surface area contributed by atoms with Gasteiger partial charge in [0.1, 0.15) is 5.82 Å². The van der Waals surface area contributed by atoms with E-state index in [1.54, 1.807) is 12.1 Å². The Morgan fingerprint density at radius 2 is 2.10 bits per heavy atom. The molecule has 1 aromatic heterocycles. The summed E-state index contributed by atoms with van der Waals surface area (Å²) >= 11 is 0. The van der Waals surface area contributed by atoms with Crippen molar-refractivity contribution < 1.29 is 9.90 Å². The molecule has 0 radical (unpaired) electrons. The van der Waals surface area contributed by atoms with E-state index in [4.69, 9.17) is 5.11 Å². The Morgan fingerprint density at radius 1 is 1.38 bits per heavy atom. The van der Waals surface area contributed by atoms with Gasteiger partial charge in [-0.15, -0.1) is 0 Å². The molecule has 1 aliphatic rings. The number of imidazole rings is 1. The number of aromatic nitrogens is 2. The molecule has 112 valence electrons. The van der Waals surface area contributed by atoms with Gasteiger partial charge in [-0.05, 0) is 58.0 Å². The highest BCUT2D eigenvalue weighted by atomic mass is 16.4. The van der Waals surface area contributed by atoms with Gasteiger partial charge in [0.2, 0.25) is 0 Å². The number of rotatable bonds is 4. The molecule has 0 amide bonds. The van der Waals surface area contributed by atoms with E-state index in [0.29, 0.717) is 11.6 Å². The van der Waals surface area contributed by atoms with Crippen LogP contribution in [0.5, 0.6) is 0 Å². The van der Waals surface area contributed by atoms with Gasteiger partial charge in [-0.25, -0.2) is 9.78 Å². The van der Waals surface area contributed by atoms with Crippen LogP contribution >= 0.6 is 0 Å². The monoisotopic (exact) mass is 287 g/mol. The van der Waals surface area contributed by atoms with Crippen molar-refractivity contribution in [3.8, 4) is 0 Å². The van der Waals surface area contributed by atoms with Crippen molar-refractivity contribution >= 4 is 17.0 Å². The van der Waals surface area contributed by atoms with E-state index >= 15 is 0 Å². The molecule has 21 heavy (non-hydrogen) atoms. The first-order chi connectivity index (χ1) is 10.1. The molecule has 1 fully saturated rings. The van der Waals surface area contributed by atoms with Crippen molar-refractivity contribution in [2.75, 3.05) is 13.1 Å². The quantitative estimate of drug-likeness (QED) is 0.938. The molecular weight excluding hydrogens is 266 g/mol. The van der Waals surface area contributed by atoms with Gasteiger partial charge in [0.25, 0.3) is 0 Å². The van der Waals surface area contributed by atoms with Gasteiger partial charge in [-0.1, -0.05) is 0 Å². The molecule has 1 N–H and O–H groups in total.